The first-order valence-corrected chi connectivity index (χ1v) is 5.74. The first kappa shape index (κ1) is 10.2. The molecule has 0 spiro atoms. The molecule has 0 N–H and O–H groups in total. The summed E-state index contributed by atoms with van der Waals surface area (Å²) >= 11 is 1.77. The van der Waals surface area contributed by atoms with E-state index >= 15 is 0 Å². The highest BCUT2D eigenvalue weighted by Gasteiger charge is 2.02. The average molecular weight is 219 g/mol. The van der Waals surface area contributed by atoms with Gasteiger partial charge in [-0.15, -0.1) is 11.3 Å². The summed E-state index contributed by atoms with van der Waals surface area (Å²) in [4.78, 5) is 11.2. The number of hydrogen-bond acceptors (Lipinski definition) is 3. The van der Waals surface area contributed by atoms with Crippen LogP contribution < -0.4 is 0 Å². The number of rotatable bonds is 5. The Hall–Kier alpha value is -1.35. The highest BCUT2D eigenvalue weighted by atomic mass is 32.1. The van der Waals surface area contributed by atoms with E-state index in [1.165, 1.54) is 22.1 Å². The average Bonchev–Trinajstić information content (AvgIpc) is 2.68. The molecule has 0 unspecified atom stereocenters. The second-order valence-corrected chi connectivity index (χ2v) is 4.25. The minimum absolute atomic E-state index is 0.454. The smallest absolute Gasteiger partial charge is 0.417 e. The molecule has 0 saturated heterocycles. The molecule has 1 aromatic carbocycles. The topological polar surface area (TPSA) is 26.3 Å². The van der Waals surface area contributed by atoms with Crippen LogP contribution in [0.3, 0.4) is 0 Å². The van der Waals surface area contributed by atoms with E-state index in [0.29, 0.717) is 6.61 Å². The van der Waals surface area contributed by atoms with Crippen LogP contribution in [0, 0.1) is 0 Å². The van der Waals surface area contributed by atoms with E-state index in [1.807, 2.05) is 12.1 Å². The van der Waals surface area contributed by atoms with Crippen molar-refractivity contribution in [3.8, 4) is 0 Å². The molecule has 1 radical (unpaired) electrons. The zero-order valence-electron chi connectivity index (χ0n) is 8.23. The van der Waals surface area contributed by atoms with Crippen molar-refractivity contribution < 1.29 is 9.53 Å². The highest BCUT2D eigenvalue weighted by Crippen LogP contribution is 2.26. The molecule has 0 bridgehead atoms. The number of aryl methyl sites for hydroxylation is 1. The molecule has 2 nitrogen and oxygen atoms in total. The quantitative estimate of drug-likeness (QED) is 0.723. The maximum absolute atomic E-state index is 9.83. The van der Waals surface area contributed by atoms with E-state index < -0.39 is 0 Å². The minimum atomic E-state index is 0.454. The molecule has 2 rings (SSSR count). The maximum Gasteiger partial charge on any atom is 0.417 e. The molecular weight excluding hydrogens is 208 g/mol. The molecule has 0 fully saturated rings. The Bertz CT molecular complexity index is 448. The van der Waals surface area contributed by atoms with Gasteiger partial charge in [-0.1, -0.05) is 24.3 Å². The summed E-state index contributed by atoms with van der Waals surface area (Å²) in [5.41, 5.74) is 0. The van der Waals surface area contributed by atoms with Gasteiger partial charge in [-0.05, 0) is 29.0 Å². The molecule has 1 heterocycles. The SMILES string of the molecule is O=[C]OCCCc1scc2ccccc12. The predicted molar refractivity (Wildman–Crippen MR) is 61.8 cm³/mol. The summed E-state index contributed by atoms with van der Waals surface area (Å²) in [7, 11) is 0. The number of fused-ring (bicyclic) bond motifs is 1. The fourth-order valence-electron chi connectivity index (χ4n) is 1.59. The Balaban J connectivity index is 2.05. The number of hydrogen-bond donors (Lipinski definition) is 0. The van der Waals surface area contributed by atoms with Crippen molar-refractivity contribution in [2.75, 3.05) is 6.61 Å². The summed E-state index contributed by atoms with van der Waals surface area (Å²) in [6.45, 7) is 1.89. The molecule has 0 aliphatic carbocycles. The lowest BCUT2D eigenvalue weighted by Crippen LogP contribution is -1.93. The van der Waals surface area contributed by atoms with Crippen molar-refractivity contribution in [2.24, 2.45) is 0 Å². The van der Waals surface area contributed by atoms with Crippen molar-refractivity contribution in [2.45, 2.75) is 12.8 Å². The Morgan fingerprint density at radius 1 is 1.33 bits per heavy atom. The summed E-state index contributed by atoms with van der Waals surface area (Å²) in [6.07, 6.45) is 1.82. The summed E-state index contributed by atoms with van der Waals surface area (Å²) < 4.78 is 4.54. The number of thiophene rings is 1. The lowest BCUT2D eigenvalue weighted by molar-refractivity contribution is 0.273. The lowest BCUT2D eigenvalue weighted by atomic mass is 10.1. The minimum Gasteiger partial charge on any atom is -0.457 e. The van der Waals surface area contributed by atoms with E-state index in [-0.39, 0.29) is 0 Å². The van der Waals surface area contributed by atoms with Gasteiger partial charge >= 0.3 is 6.47 Å². The molecule has 1 aromatic heterocycles. The molecular formula is C12H11O2S. The van der Waals surface area contributed by atoms with E-state index in [9.17, 15) is 4.79 Å². The first-order valence-electron chi connectivity index (χ1n) is 4.86. The van der Waals surface area contributed by atoms with Crippen LogP contribution in [0.4, 0.5) is 0 Å². The van der Waals surface area contributed by atoms with E-state index in [0.717, 1.165) is 12.8 Å². The van der Waals surface area contributed by atoms with Gasteiger partial charge in [0.25, 0.3) is 0 Å². The monoisotopic (exact) mass is 219 g/mol. The molecule has 77 valence electrons. The van der Waals surface area contributed by atoms with E-state index in [2.05, 4.69) is 22.2 Å². The second kappa shape index (κ2) is 4.94. The van der Waals surface area contributed by atoms with Crippen LogP contribution in [0.1, 0.15) is 11.3 Å². The van der Waals surface area contributed by atoms with Gasteiger partial charge in [0.05, 0.1) is 6.61 Å². The third-order valence-electron chi connectivity index (χ3n) is 2.30. The van der Waals surface area contributed by atoms with Gasteiger partial charge < -0.3 is 4.74 Å². The fraction of sp³-hybridized carbons (Fsp3) is 0.250. The van der Waals surface area contributed by atoms with Crippen molar-refractivity contribution >= 4 is 28.6 Å². The van der Waals surface area contributed by atoms with Gasteiger partial charge in [-0.2, -0.15) is 0 Å². The van der Waals surface area contributed by atoms with Crippen LogP contribution in [0.5, 0.6) is 0 Å². The molecule has 0 aliphatic heterocycles. The van der Waals surface area contributed by atoms with Gasteiger partial charge in [-0.3, -0.25) is 0 Å². The van der Waals surface area contributed by atoms with E-state index in [4.69, 9.17) is 0 Å². The zero-order chi connectivity index (χ0) is 10.5. The molecule has 0 amide bonds. The van der Waals surface area contributed by atoms with Crippen LogP contribution in [-0.4, -0.2) is 13.1 Å². The van der Waals surface area contributed by atoms with E-state index in [1.54, 1.807) is 11.3 Å². The Morgan fingerprint density at radius 2 is 2.20 bits per heavy atom. The maximum atomic E-state index is 9.83. The third kappa shape index (κ3) is 2.36. The van der Waals surface area contributed by atoms with Crippen LogP contribution >= 0.6 is 11.3 Å². The first-order chi connectivity index (χ1) is 7.42. The van der Waals surface area contributed by atoms with Crippen LogP contribution in [0.25, 0.3) is 10.8 Å². The second-order valence-electron chi connectivity index (χ2n) is 3.28. The Labute approximate surface area is 92.5 Å². The standard InChI is InChI=1S/C12H11O2S/c13-9-14-7-3-6-12-11-5-2-1-4-10(11)8-15-12/h1-2,4-5,8H,3,6-7H2. The Kier molecular flexibility index (Phi) is 3.35. The molecule has 2 aromatic rings. The van der Waals surface area contributed by atoms with Gasteiger partial charge in [0.1, 0.15) is 0 Å². The predicted octanol–water partition coefficient (Wildman–Crippen LogP) is 2.92. The van der Waals surface area contributed by atoms with Crippen LogP contribution in [0.15, 0.2) is 29.6 Å². The summed E-state index contributed by atoms with van der Waals surface area (Å²) in [5.74, 6) is 0. The van der Waals surface area contributed by atoms with Crippen LogP contribution in [-0.2, 0) is 16.0 Å². The summed E-state index contributed by atoms with van der Waals surface area (Å²) in [5, 5.41) is 4.77. The number of ether oxygens (including phenoxy) is 1. The molecule has 0 saturated carbocycles. The van der Waals surface area contributed by atoms with Gasteiger partial charge in [0.15, 0.2) is 0 Å². The van der Waals surface area contributed by atoms with Crippen molar-refractivity contribution in [3.63, 3.8) is 0 Å². The summed E-state index contributed by atoms with van der Waals surface area (Å²) in [6, 6.07) is 8.34. The van der Waals surface area contributed by atoms with Crippen molar-refractivity contribution in [1.82, 2.24) is 0 Å². The normalized spacial score (nSPS) is 10.4. The van der Waals surface area contributed by atoms with Gasteiger partial charge in [0, 0.05) is 4.88 Å². The van der Waals surface area contributed by atoms with Gasteiger partial charge in [0.2, 0.25) is 0 Å². The largest absolute Gasteiger partial charge is 0.457 e. The van der Waals surface area contributed by atoms with Crippen molar-refractivity contribution in [3.05, 3.63) is 34.5 Å². The van der Waals surface area contributed by atoms with Crippen molar-refractivity contribution in [1.29, 1.82) is 0 Å². The molecule has 0 aliphatic rings. The number of benzene rings is 1. The Morgan fingerprint density at radius 3 is 3.07 bits per heavy atom. The van der Waals surface area contributed by atoms with Gasteiger partial charge in [-0.25, -0.2) is 4.79 Å². The van der Waals surface area contributed by atoms with Crippen LogP contribution in [0.2, 0.25) is 0 Å². The molecule has 15 heavy (non-hydrogen) atoms. The number of carbonyl (C=O) groups excluding carboxylic acids is 1. The fourth-order valence-corrected chi connectivity index (χ4v) is 2.64. The molecule has 3 heteroatoms. The molecule has 0 atom stereocenters. The lowest BCUT2D eigenvalue weighted by Gasteiger charge is -1.98. The third-order valence-corrected chi connectivity index (χ3v) is 3.38. The zero-order valence-corrected chi connectivity index (χ0v) is 9.05. The highest BCUT2D eigenvalue weighted by molar-refractivity contribution is 7.11.